The van der Waals surface area contributed by atoms with E-state index < -0.39 is 0 Å². The highest BCUT2D eigenvalue weighted by Gasteiger charge is 2.28. The van der Waals surface area contributed by atoms with Crippen LogP contribution in [0.5, 0.6) is 5.75 Å². The second-order valence-electron chi connectivity index (χ2n) is 5.60. The number of nitrogens with two attached hydrogens (primary N) is 1. The molecule has 7 heteroatoms. The number of benzene rings is 1. The van der Waals surface area contributed by atoms with Crippen molar-refractivity contribution in [3.8, 4) is 17.0 Å². The Kier molecular flexibility index (Phi) is 5.63. The Morgan fingerprint density at radius 1 is 1.43 bits per heavy atom. The third kappa shape index (κ3) is 4.03. The SMILES string of the molecule is COc1ccc(-c2[nH]ncc2C(=O)NCC(N)C2CC2)cc1.Cl. The van der Waals surface area contributed by atoms with Gasteiger partial charge in [0, 0.05) is 18.2 Å². The zero-order valence-electron chi connectivity index (χ0n) is 12.9. The maximum Gasteiger partial charge on any atom is 0.255 e. The van der Waals surface area contributed by atoms with Crippen LogP contribution in [0.4, 0.5) is 0 Å². The molecule has 0 bridgehead atoms. The van der Waals surface area contributed by atoms with Crippen molar-refractivity contribution < 1.29 is 9.53 Å². The summed E-state index contributed by atoms with van der Waals surface area (Å²) in [5, 5.41) is 9.76. The number of nitrogens with one attached hydrogen (secondary N) is 2. The van der Waals surface area contributed by atoms with Crippen molar-refractivity contribution in [3.05, 3.63) is 36.0 Å². The number of H-pyrrole nitrogens is 1. The molecule has 0 aliphatic heterocycles. The van der Waals surface area contributed by atoms with Gasteiger partial charge >= 0.3 is 0 Å². The molecule has 124 valence electrons. The predicted octanol–water partition coefficient (Wildman–Crippen LogP) is 1.97. The van der Waals surface area contributed by atoms with E-state index in [1.165, 1.54) is 19.0 Å². The highest BCUT2D eigenvalue weighted by Crippen LogP contribution is 2.31. The number of amides is 1. The number of aromatic amines is 1. The maximum absolute atomic E-state index is 12.3. The number of halogens is 1. The lowest BCUT2D eigenvalue weighted by molar-refractivity contribution is 0.0951. The van der Waals surface area contributed by atoms with Crippen LogP contribution in [0.2, 0.25) is 0 Å². The smallest absolute Gasteiger partial charge is 0.255 e. The molecule has 1 aromatic heterocycles. The topological polar surface area (TPSA) is 93.0 Å². The lowest BCUT2D eigenvalue weighted by Gasteiger charge is -2.11. The van der Waals surface area contributed by atoms with Crippen LogP contribution in [-0.4, -0.2) is 35.8 Å². The number of aromatic nitrogens is 2. The van der Waals surface area contributed by atoms with Crippen LogP contribution in [0.15, 0.2) is 30.5 Å². The van der Waals surface area contributed by atoms with E-state index in [9.17, 15) is 4.79 Å². The normalized spacial score (nSPS) is 14.7. The molecule has 2 aromatic rings. The van der Waals surface area contributed by atoms with Gasteiger partial charge in [0.15, 0.2) is 0 Å². The molecule has 3 rings (SSSR count). The molecule has 1 aliphatic rings. The van der Waals surface area contributed by atoms with Crippen molar-refractivity contribution in [3.63, 3.8) is 0 Å². The van der Waals surface area contributed by atoms with Gasteiger partial charge in [-0.15, -0.1) is 12.4 Å². The Balaban J connectivity index is 0.00000192. The van der Waals surface area contributed by atoms with E-state index >= 15 is 0 Å². The fourth-order valence-corrected chi connectivity index (χ4v) is 2.43. The van der Waals surface area contributed by atoms with Crippen molar-refractivity contribution in [1.82, 2.24) is 15.5 Å². The van der Waals surface area contributed by atoms with Gasteiger partial charge in [-0.2, -0.15) is 5.10 Å². The monoisotopic (exact) mass is 336 g/mol. The first-order chi connectivity index (χ1) is 10.7. The molecule has 23 heavy (non-hydrogen) atoms. The second kappa shape index (κ2) is 7.48. The summed E-state index contributed by atoms with van der Waals surface area (Å²) >= 11 is 0. The minimum atomic E-state index is -0.157. The fraction of sp³-hybridized carbons (Fsp3) is 0.375. The molecule has 1 saturated carbocycles. The fourth-order valence-electron chi connectivity index (χ4n) is 2.43. The summed E-state index contributed by atoms with van der Waals surface area (Å²) in [5.74, 6) is 1.17. The quantitative estimate of drug-likeness (QED) is 0.752. The first-order valence-electron chi connectivity index (χ1n) is 7.40. The highest BCUT2D eigenvalue weighted by molar-refractivity contribution is 5.99. The summed E-state index contributed by atoms with van der Waals surface area (Å²) in [7, 11) is 1.62. The summed E-state index contributed by atoms with van der Waals surface area (Å²) < 4.78 is 5.14. The number of carbonyl (C=O) groups is 1. The largest absolute Gasteiger partial charge is 0.497 e. The second-order valence-corrected chi connectivity index (χ2v) is 5.60. The van der Waals surface area contributed by atoms with Gasteiger partial charge in [-0.05, 0) is 43.0 Å². The van der Waals surface area contributed by atoms with Gasteiger partial charge in [0.25, 0.3) is 5.91 Å². The molecule has 1 unspecified atom stereocenters. The van der Waals surface area contributed by atoms with Gasteiger partial charge in [-0.3, -0.25) is 9.89 Å². The van der Waals surface area contributed by atoms with Crippen molar-refractivity contribution in [2.75, 3.05) is 13.7 Å². The molecule has 1 atom stereocenters. The number of methoxy groups -OCH3 is 1. The lowest BCUT2D eigenvalue weighted by atomic mass is 10.1. The molecule has 0 saturated heterocycles. The summed E-state index contributed by atoms with van der Waals surface area (Å²) in [4.78, 5) is 12.3. The summed E-state index contributed by atoms with van der Waals surface area (Å²) in [6.45, 7) is 0.497. The van der Waals surface area contributed by atoms with Crippen LogP contribution in [-0.2, 0) is 0 Å². The molecule has 1 heterocycles. The molecule has 1 amide bonds. The van der Waals surface area contributed by atoms with Crippen LogP contribution in [0.25, 0.3) is 11.3 Å². The zero-order chi connectivity index (χ0) is 15.5. The number of hydrogen-bond acceptors (Lipinski definition) is 4. The Labute approximate surface area is 141 Å². The summed E-state index contributed by atoms with van der Waals surface area (Å²) in [5.41, 5.74) is 8.11. The molecular formula is C16H21ClN4O2. The molecule has 0 radical (unpaired) electrons. The van der Waals surface area contributed by atoms with E-state index in [-0.39, 0.29) is 24.4 Å². The number of nitrogens with zero attached hydrogens (tertiary/aromatic N) is 1. The number of carbonyl (C=O) groups excluding carboxylic acids is 1. The van der Waals surface area contributed by atoms with Crippen molar-refractivity contribution in [2.24, 2.45) is 11.7 Å². The van der Waals surface area contributed by atoms with E-state index in [0.717, 1.165) is 11.3 Å². The molecule has 0 spiro atoms. The van der Waals surface area contributed by atoms with E-state index in [0.29, 0.717) is 23.7 Å². The van der Waals surface area contributed by atoms with Crippen molar-refractivity contribution in [2.45, 2.75) is 18.9 Å². The zero-order valence-corrected chi connectivity index (χ0v) is 13.7. The van der Waals surface area contributed by atoms with Crippen molar-refractivity contribution >= 4 is 18.3 Å². The van der Waals surface area contributed by atoms with Crippen LogP contribution in [0.1, 0.15) is 23.2 Å². The third-order valence-electron chi connectivity index (χ3n) is 3.99. The Morgan fingerprint density at radius 2 is 2.13 bits per heavy atom. The first-order valence-corrected chi connectivity index (χ1v) is 7.40. The Bertz CT molecular complexity index is 652. The summed E-state index contributed by atoms with van der Waals surface area (Å²) in [6.07, 6.45) is 3.87. The number of ether oxygens (including phenoxy) is 1. The van der Waals surface area contributed by atoms with Gasteiger partial charge in [0.2, 0.25) is 0 Å². The molecule has 1 aliphatic carbocycles. The first kappa shape index (κ1) is 17.3. The maximum atomic E-state index is 12.3. The van der Waals surface area contributed by atoms with Crippen molar-refractivity contribution in [1.29, 1.82) is 0 Å². The standard InChI is InChI=1S/C16H20N4O2.ClH/c1-22-12-6-4-11(5-7-12)15-13(8-19-20-15)16(21)18-9-14(17)10-2-3-10;/h4-8,10,14H,2-3,9,17H2,1H3,(H,18,21)(H,19,20);1H. The predicted molar refractivity (Wildman–Crippen MR) is 90.9 cm³/mol. The van der Waals surface area contributed by atoms with Gasteiger partial charge in [-0.25, -0.2) is 0 Å². The van der Waals surface area contributed by atoms with Crippen LogP contribution in [0.3, 0.4) is 0 Å². The van der Waals surface area contributed by atoms with Gasteiger partial charge in [0.05, 0.1) is 24.6 Å². The van der Waals surface area contributed by atoms with E-state index in [1.54, 1.807) is 7.11 Å². The molecule has 6 nitrogen and oxygen atoms in total. The molecule has 1 fully saturated rings. The average molecular weight is 337 g/mol. The van der Waals surface area contributed by atoms with E-state index in [2.05, 4.69) is 15.5 Å². The molecule has 1 aromatic carbocycles. The Hall–Kier alpha value is -2.05. The molecular weight excluding hydrogens is 316 g/mol. The third-order valence-corrected chi connectivity index (χ3v) is 3.99. The Morgan fingerprint density at radius 3 is 2.74 bits per heavy atom. The minimum absolute atomic E-state index is 0. The minimum Gasteiger partial charge on any atom is -0.497 e. The molecule has 4 N–H and O–H groups in total. The van der Waals surface area contributed by atoms with E-state index in [1.807, 2.05) is 24.3 Å². The number of rotatable bonds is 6. The van der Waals surface area contributed by atoms with Crippen LogP contribution < -0.4 is 15.8 Å². The number of hydrogen-bond donors (Lipinski definition) is 3. The summed E-state index contributed by atoms with van der Waals surface area (Å²) in [6, 6.07) is 7.51. The van der Waals surface area contributed by atoms with Gasteiger partial charge < -0.3 is 15.8 Å². The lowest BCUT2D eigenvalue weighted by Crippen LogP contribution is -2.38. The van der Waals surface area contributed by atoms with Crippen LogP contribution >= 0.6 is 12.4 Å². The van der Waals surface area contributed by atoms with Crippen LogP contribution in [0, 0.1) is 5.92 Å². The van der Waals surface area contributed by atoms with Gasteiger partial charge in [0.1, 0.15) is 5.75 Å². The van der Waals surface area contributed by atoms with Gasteiger partial charge in [-0.1, -0.05) is 0 Å². The average Bonchev–Trinajstić information content (AvgIpc) is 3.29. The van der Waals surface area contributed by atoms with E-state index in [4.69, 9.17) is 10.5 Å². The highest BCUT2D eigenvalue weighted by atomic mass is 35.5.